The first-order chi connectivity index (χ1) is 17.3. The van der Waals surface area contributed by atoms with Gasteiger partial charge in [-0.3, -0.25) is 9.78 Å². The molecular formula is C26H31N3O6S. The summed E-state index contributed by atoms with van der Waals surface area (Å²) in [4.78, 5) is 46.7. The minimum absolute atomic E-state index is 0.0255. The lowest BCUT2D eigenvalue weighted by atomic mass is 9.79. The molecule has 0 saturated carbocycles. The second kappa shape index (κ2) is 10.9. The van der Waals surface area contributed by atoms with Crippen molar-refractivity contribution in [3.05, 3.63) is 66.0 Å². The van der Waals surface area contributed by atoms with Crippen molar-refractivity contribution in [1.29, 1.82) is 0 Å². The third-order valence-corrected chi connectivity index (χ3v) is 8.33. The molecule has 2 saturated heterocycles. The van der Waals surface area contributed by atoms with Crippen molar-refractivity contribution in [3.8, 4) is 0 Å². The molecule has 4 rings (SSSR count). The molecule has 1 aromatic heterocycles. The second-order valence-electron chi connectivity index (χ2n) is 9.14. The van der Waals surface area contributed by atoms with Crippen LogP contribution in [0.25, 0.3) is 0 Å². The maximum Gasteiger partial charge on any atom is 0.410 e. The van der Waals surface area contributed by atoms with E-state index in [1.807, 2.05) is 19.1 Å². The fourth-order valence-corrected chi connectivity index (χ4v) is 6.77. The summed E-state index contributed by atoms with van der Waals surface area (Å²) in [6, 6.07) is 3.22. The number of hydrogen-bond acceptors (Lipinski definition) is 8. The molecule has 1 aromatic rings. The largest absolute Gasteiger partial charge is 0.457 e. The first-order valence-electron chi connectivity index (χ1n) is 11.9. The monoisotopic (exact) mass is 513 g/mol. The Kier molecular flexibility index (Phi) is 7.85. The number of β-lactam (4-membered cyclic amide) rings is 1. The Morgan fingerprint density at radius 1 is 1.25 bits per heavy atom. The maximum absolute atomic E-state index is 13.0. The van der Waals surface area contributed by atoms with Gasteiger partial charge in [-0.05, 0) is 31.0 Å². The Labute approximate surface area is 214 Å². The highest BCUT2D eigenvalue weighted by Crippen LogP contribution is 2.53. The van der Waals surface area contributed by atoms with Gasteiger partial charge in [-0.2, -0.15) is 0 Å². The highest BCUT2D eigenvalue weighted by atomic mass is 32.2. The van der Waals surface area contributed by atoms with Crippen LogP contribution in [0.2, 0.25) is 0 Å². The third-order valence-electron chi connectivity index (χ3n) is 6.84. The van der Waals surface area contributed by atoms with Gasteiger partial charge in [-0.25, -0.2) is 9.59 Å². The molecule has 3 aliphatic rings. The molecule has 36 heavy (non-hydrogen) atoms. The number of rotatable bonds is 9. The fourth-order valence-electron chi connectivity index (χ4n) is 5.25. The second-order valence-corrected chi connectivity index (χ2v) is 10.5. The van der Waals surface area contributed by atoms with Crippen LogP contribution in [-0.2, 0) is 19.1 Å². The Balaban J connectivity index is 1.62. The third kappa shape index (κ3) is 4.67. The zero-order valence-electron chi connectivity index (χ0n) is 20.4. The van der Waals surface area contributed by atoms with Crippen LogP contribution in [-0.4, -0.2) is 75.0 Å². The number of likely N-dealkylation sites (tertiary alicyclic amines) is 1. The van der Waals surface area contributed by atoms with Crippen molar-refractivity contribution in [1.82, 2.24) is 14.8 Å². The highest BCUT2D eigenvalue weighted by molar-refractivity contribution is 8.03. The van der Waals surface area contributed by atoms with Gasteiger partial charge >= 0.3 is 12.1 Å². The molecule has 0 bridgehead atoms. The van der Waals surface area contributed by atoms with Crippen molar-refractivity contribution >= 4 is 29.7 Å². The molecule has 6 atom stereocenters. The number of ether oxygens (including phenoxy) is 2. The Hall–Kier alpha value is -3.11. The standard InChI is InChI=1S/C26H31N3O6S/c1-5-11-34-25(32)22-23(15(3)21-20(16(4)30)24(31)29(21)22)36-18-13-19(17-7-9-27-10-8-17)28(14-18)26(33)35-12-6-2/h5-10,15-16,18-21,30H,1-2,11-14H2,3-4H3/t15-,16-,18+,19+,20-,21-/m1/s1. The minimum atomic E-state index is -0.825. The van der Waals surface area contributed by atoms with Crippen LogP contribution in [0.15, 0.2) is 60.4 Å². The van der Waals surface area contributed by atoms with Gasteiger partial charge < -0.3 is 24.4 Å². The molecule has 4 heterocycles. The van der Waals surface area contributed by atoms with Crippen molar-refractivity contribution in [2.45, 2.75) is 43.7 Å². The number of hydrogen-bond donors (Lipinski definition) is 1. The number of fused-ring (bicyclic) bond motifs is 1. The van der Waals surface area contributed by atoms with E-state index in [9.17, 15) is 19.5 Å². The van der Waals surface area contributed by atoms with Gasteiger partial charge in [0, 0.05) is 35.0 Å². The number of thioether (sulfide) groups is 1. The van der Waals surface area contributed by atoms with Crippen molar-refractivity contribution < 1.29 is 29.0 Å². The molecule has 0 spiro atoms. The van der Waals surface area contributed by atoms with Crippen LogP contribution in [0.4, 0.5) is 4.79 Å². The zero-order chi connectivity index (χ0) is 26.0. The molecule has 2 fully saturated rings. The number of esters is 1. The van der Waals surface area contributed by atoms with Crippen LogP contribution >= 0.6 is 11.8 Å². The highest BCUT2D eigenvalue weighted by Gasteiger charge is 2.60. The SMILES string of the molecule is C=CCOC(=O)C1=C(S[C@H]2C[C@@H](c3ccncc3)N(C(=O)OCC=C)C2)[C@H](C)[C@@H]2[C@@H]([C@@H](C)O)C(=O)N12. The lowest BCUT2D eigenvalue weighted by molar-refractivity contribution is -0.164. The fraction of sp³-hybridized carbons (Fsp3) is 0.462. The molecule has 3 aliphatic heterocycles. The summed E-state index contributed by atoms with van der Waals surface area (Å²) in [5, 5.41) is 10.1. The van der Waals surface area contributed by atoms with Crippen LogP contribution in [0.1, 0.15) is 31.9 Å². The van der Waals surface area contributed by atoms with E-state index < -0.39 is 24.1 Å². The van der Waals surface area contributed by atoms with Gasteiger partial charge in [0.2, 0.25) is 5.91 Å². The number of amides is 2. The van der Waals surface area contributed by atoms with E-state index in [-0.39, 0.29) is 48.1 Å². The van der Waals surface area contributed by atoms with E-state index in [1.165, 1.54) is 28.8 Å². The summed E-state index contributed by atoms with van der Waals surface area (Å²) in [5.74, 6) is -1.60. The van der Waals surface area contributed by atoms with Crippen LogP contribution in [0, 0.1) is 11.8 Å². The molecular weight excluding hydrogens is 482 g/mol. The summed E-state index contributed by atoms with van der Waals surface area (Å²) >= 11 is 1.49. The Bertz CT molecular complexity index is 1070. The summed E-state index contributed by atoms with van der Waals surface area (Å²) < 4.78 is 10.7. The molecule has 1 N–H and O–H groups in total. The quantitative estimate of drug-likeness (QED) is 0.305. The van der Waals surface area contributed by atoms with E-state index in [2.05, 4.69) is 18.1 Å². The molecule has 192 valence electrons. The van der Waals surface area contributed by atoms with Gasteiger partial charge in [0.25, 0.3) is 0 Å². The molecule has 9 nitrogen and oxygen atoms in total. The minimum Gasteiger partial charge on any atom is -0.457 e. The summed E-state index contributed by atoms with van der Waals surface area (Å²) in [5.41, 5.74) is 1.17. The predicted octanol–water partition coefficient (Wildman–Crippen LogP) is 3.05. The van der Waals surface area contributed by atoms with Crippen LogP contribution in [0.3, 0.4) is 0 Å². The molecule has 2 amide bonds. The Morgan fingerprint density at radius 3 is 2.56 bits per heavy atom. The van der Waals surface area contributed by atoms with Crippen molar-refractivity contribution in [3.63, 3.8) is 0 Å². The zero-order valence-corrected chi connectivity index (χ0v) is 21.2. The molecule has 10 heteroatoms. The van der Waals surface area contributed by atoms with Crippen LogP contribution in [0.5, 0.6) is 0 Å². The lowest BCUT2D eigenvalue weighted by Crippen LogP contribution is -2.63. The van der Waals surface area contributed by atoms with E-state index in [0.717, 1.165) is 10.5 Å². The van der Waals surface area contributed by atoms with Gasteiger partial charge in [0.1, 0.15) is 18.9 Å². The number of carbonyl (C=O) groups excluding carboxylic acids is 3. The summed E-state index contributed by atoms with van der Waals surface area (Å²) in [6.45, 7) is 11.3. The Morgan fingerprint density at radius 2 is 1.92 bits per heavy atom. The average molecular weight is 514 g/mol. The number of pyridine rings is 1. The van der Waals surface area contributed by atoms with E-state index in [4.69, 9.17) is 9.47 Å². The normalized spacial score (nSPS) is 27.9. The topological polar surface area (TPSA) is 109 Å². The maximum atomic E-state index is 13.0. The first kappa shape index (κ1) is 26.0. The molecule has 0 unspecified atom stereocenters. The predicted molar refractivity (Wildman–Crippen MR) is 134 cm³/mol. The van der Waals surface area contributed by atoms with Crippen LogP contribution < -0.4 is 0 Å². The van der Waals surface area contributed by atoms with Crippen molar-refractivity contribution in [2.24, 2.45) is 11.8 Å². The van der Waals surface area contributed by atoms with Gasteiger partial charge in [0.15, 0.2) is 0 Å². The molecule has 0 aliphatic carbocycles. The first-order valence-corrected chi connectivity index (χ1v) is 12.8. The van der Waals surface area contributed by atoms with E-state index in [1.54, 1.807) is 24.2 Å². The van der Waals surface area contributed by atoms with Gasteiger partial charge in [-0.15, -0.1) is 11.8 Å². The number of carbonyl (C=O) groups is 3. The summed E-state index contributed by atoms with van der Waals surface area (Å²) in [7, 11) is 0. The lowest BCUT2D eigenvalue weighted by Gasteiger charge is -2.46. The van der Waals surface area contributed by atoms with Gasteiger partial charge in [-0.1, -0.05) is 32.2 Å². The average Bonchev–Trinajstić information content (AvgIpc) is 3.39. The number of nitrogens with zero attached hydrogens (tertiary/aromatic N) is 3. The molecule has 0 radical (unpaired) electrons. The van der Waals surface area contributed by atoms with Gasteiger partial charge in [0.05, 0.1) is 24.1 Å². The van der Waals surface area contributed by atoms with Crippen molar-refractivity contribution in [2.75, 3.05) is 19.8 Å². The number of aliphatic hydroxyl groups is 1. The number of aliphatic hydroxyl groups excluding tert-OH is 1. The summed E-state index contributed by atoms with van der Waals surface area (Å²) in [6.07, 6.45) is 5.73. The molecule has 0 aromatic carbocycles. The smallest absolute Gasteiger partial charge is 0.410 e. The van der Waals surface area contributed by atoms with E-state index >= 15 is 0 Å². The van der Waals surface area contributed by atoms with E-state index in [0.29, 0.717) is 13.0 Å². The number of aromatic nitrogens is 1.